The molecule has 21 heavy (non-hydrogen) atoms. The van der Waals surface area contributed by atoms with Crippen molar-refractivity contribution in [3.8, 4) is 11.1 Å². The Labute approximate surface area is 125 Å². The molecule has 0 aromatic heterocycles. The second kappa shape index (κ2) is 4.87. The van der Waals surface area contributed by atoms with Gasteiger partial charge < -0.3 is 5.73 Å². The number of benzene rings is 3. The Morgan fingerprint density at radius 1 is 0.667 bits per heavy atom. The molecular formula is C20H17N. The van der Waals surface area contributed by atoms with Crippen molar-refractivity contribution in [2.45, 2.75) is 12.5 Å². The molecule has 0 saturated carbocycles. The van der Waals surface area contributed by atoms with Gasteiger partial charge in [0.15, 0.2) is 0 Å². The minimum absolute atomic E-state index is 0.337. The lowest BCUT2D eigenvalue weighted by Gasteiger charge is -2.14. The van der Waals surface area contributed by atoms with Gasteiger partial charge in [-0.25, -0.2) is 0 Å². The highest BCUT2D eigenvalue weighted by atomic mass is 14.5. The van der Waals surface area contributed by atoms with Crippen molar-refractivity contribution in [3.05, 3.63) is 95.1 Å². The molecule has 4 rings (SSSR count). The van der Waals surface area contributed by atoms with Crippen LogP contribution in [0.25, 0.3) is 11.1 Å². The van der Waals surface area contributed by atoms with Crippen molar-refractivity contribution in [2.75, 3.05) is 0 Å². The molecule has 1 aliphatic carbocycles. The van der Waals surface area contributed by atoms with Crippen molar-refractivity contribution < 1.29 is 0 Å². The van der Waals surface area contributed by atoms with E-state index in [4.69, 9.17) is 5.73 Å². The highest BCUT2D eigenvalue weighted by molar-refractivity contribution is 5.80. The third kappa shape index (κ3) is 1.90. The lowest BCUT2D eigenvalue weighted by Crippen LogP contribution is -2.01. The monoisotopic (exact) mass is 271 g/mol. The van der Waals surface area contributed by atoms with Crippen LogP contribution in [0.4, 0.5) is 0 Å². The molecule has 3 aromatic carbocycles. The number of hydrogen-bond donors (Lipinski definition) is 1. The van der Waals surface area contributed by atoms with Gasteiger partial charge in [-0.1, -0.05) is 72.8 Å². The van der Waals surface area contributed by atoms with Crippen LogP contribution in [0.5, 0.6) is 0 Å². The molecule has 0 amide bonds. The zero-order valence-electron chi connectivity index (χ0n) is 11.8. The summed E-state index contributed by atoms with van der Waals surface area (Å²) in [6.07, 6.45) is 0. The molecule has 3 aromatic rings. The van der Waals surface area contributed by atoms with Crippen molar-refractivity contribution in [3.63, 3.8) is 0 Å². The van der Waals surface area contributed by atoms with Crippen LogP contribution in [0.15, 0.2) is 72.8 Å². The third-order valence-electron chi connectivity index (χ3n) is 4.38. The normalized spacial score (nSPS) is 13.0. The average molecular weight is 271 g/mol. The molecule has 1 nitrogen and oxygen atoms in total. The van der Waals surface area contributed by atoms with E-state index in [0.717, 1.165) is 0 Å². The molecule has 0 atom stereocenters. The summed E-state index contributed by atoms with van der Waals surface area (Å²) in [5, 5.41) is 0. The standard InChI is InChI=1S/C20H17N/c21-13-14-9-11-15(12-10-14)20-18-7-3-1-5-16(18)17-6-2-4-8-19(17)20/h1-12,20H,13,21H2. The maximum absolute atomic E-state index is 5.71. The Kier molecular flexibility index (Phi) is 2.87. The van der Waals surface area contributed by atoms with Gasteiger partial charge in [-0.2, -0.15) is 0 Å². The first-order valence-corrected chi connectivity index (χ1v) is 7.35. The molecule has 0 fully saturated rings. The summed E-state index contributed by atoms with van der Waals surface area (Å²) in [7, 11) is 0. The summed E-state index contributed by atoms with van der Waals surface area (Å²) < 4.78 is 0. The largest absolute Gasteiger partial charge is 0.326 e. The minimum Gasteiger partial charge on any atom is -0.326 e. The fraction of sp³-hybridized carbons (Fsp3) is 0.100. The molecule has 0 spiro atoms. The zero-order valence-corrected chi connectivity index (χ0v) is 11.8. The van der Waals surface area contributed by atoms with Crippen LogP contribution >= 0.6 is 0 Å². The van der Waals surface area contributed by atoms with E-state index in [0.29, 0.717) is 12.5 Å². The van der Waals surface area contributed by atoms with Crippen molar-refractivity contribution in [1.29, 1.82) is 0 Å². The van der Waals surface area contributed by atoms with E-state index < -0.39 is 0 Å². The average Bonchev–Trinajstić information content (AvgIpc) is 2.90. The van der Waals surface area contributed by atoms with Gasteiger partial charge in [-0.15, -0.1) is 0 Å². The van der Waals surface area contributed by atoms with Gasteiger partial charge in [-0.05, 0) is 33.4 Å². The lowest BCUT2D eigenvalue weighted by molar-refractivity contribution is 1.00. The summed E-state index contributed by atoms with van der Waals surface area (Å²) in [5.41, 5.74) is 13.8. The Bertz CT molecular complexity index is 741. The predicted molar refractivity (Wildman–Crippen MR) is 87.2 cm³/mol. The molecule has 1 aliphatic rings. The van der Waals surface area contributed by atoms with Gasteiger partial charge in [0.25, 0.3) is 0 Å². The minimum atomic E-state index is 0.337. The van der Waals surface area contributed by atoms with Crippen LogP contribution in [-0.4, -0.2) is 0 Å². The molecule has 0 unspecified atom stereocenters. The van der Waals surface area contributed by atoms with Crippen LogP contribution in [0, 0.1) is 0 Å². The highest BCUT2D eigenvalue weighted by Gasteiger charge is 2.28. The molecular weight excluding hydrogens is 254 g/mol. The van der Waals surface area contributed by atoms with E-state index in [-0.39, 0.29) is 0 Å². The quantitative estimate of drug-likeness (QED) is 0.578. The third-order valence-corrected chi connectivity index (χ3v) is 4.38. The van der Waals surface area contributed by atoms with E-state index in [9.17, 15) is 0 Å². The van der Waals surface area contributed by atoms with Crippen molar-refractivity contribution in [2.24, 2.45) is 5.73 Å². The van der Waals surface area contributed by atoms with Crippen LogP contribution in [-0.2, 0) is 6.54 Å². The summed E-state index contributed by atoms with van der Waals surface area (Å²) in [4.78, 5) is 0. The van der Waals surface area contributed by atoms with E-state index in [2.05, 4.69) is 72.8 Å². The smallest absolute Gasteiger partial charge is 0.0352 e. The number of fused-ring (bicyclic) bond motifs is 3. The molecule has 2 N–H and O–H groups in total. The van der Waals surface area contributed by atoms with Crippen molar-refractivity contribution in [1.82, 2.24) is 0 Å². The highest BCUT2D eigenvalue weighted by Crippen LogP contribution is 2.47. The van der Waals surface area contributed by atoms with E-state index in [1.54, 1.807) is 0 Å². The first-order chi connectivity index (χ1) is 10.4. The maximum atomic E-state index is 5.71. The lowest BCUT2D eigenvalue weighted by atomic mass is 9.89. The molecule has 0 heterocycles. The predicted octanol–water partition coefficient (Wildman–Crippen LogP) is 4.31. The summed E-state index contributed by atoms with van der Waals surface area (Å²) in [6.45, 7) is 0.595. The van der Waals surface area contributed by atoms with Gasteiger partial charge in [0.05, 0.1) is 0 Å². The Balaban J connectivity index is 1.91. The van der Waals surface area contributed by atoms with E-state index in [1.165, 1.54) is 33.4 Å². The second-order valence-corrected chi connectivity index (χ2v) is 5.55. The van der Waals surface area contributed by atoms with Gasteiger partial charge in [0.2, 0.25) is 0 Å². The second-order valence-electron chi connectivity index (χ2n) is 5.55. The van der Waals surface area contributed by atoms with Gasteiger partial charge in [0.1, 0.15) is 0 Å². The molecule has 0 aliphatic heterocycles. The Morgan fingerprint density at radius 3 is 1.71 bits per heavy atom. The fourth-order valence-electron chi connectivity index (χ4n) is 3.36. The number of nitrogens with two attached hydrogens (primary N) is 1. The van der Waals surface area contributed by atoms with E-state index in [1.807, 2.05) is 0 Å². The van der Waals surface area contributed by atoms with Crippen LogP contribution in [0.1, 0.15) is 28.2 Å². The van der Waals surface area contributed by atoms with Gasteiger partial charge in [0, 0.05) is 12.5 Å². The Hall–Kier alpha value is -2.38. The molecule has 0 radical (unpaired) electrons. The van der Waals surface area contributed by atoms with Gasteiger partial charge >= 0.3 is 0 Å². The first kappa shape index (κ1) is 12.4. The summed E-state index contributed by atoms with van der Waals surface area (Å²) in [6, 6.07) is 26.1. The van der Waals surface area contributed by atoms with Crippen LogP contribution in [0.2, 0.25) is 0 Å². The number of hydrogen-bond acceptors (Lipinski definition) is 1. The number of rotatable bonds is 2. The first-order valence-electron chi connectivity index (χ1n) is 7.35. The van der Waals surface area contributed by atoms with Gasteiger partial charge in [-0.3, -0.25) is 0 Å². The molecule has 1 heteroatoms. The summed E-state index contributed by atoms with van der Waals surface area (Å²) in [5.74, 6) is 0.337. The molecule has 0 bridgehead atoms. The Morgan fingerprint density at radius 2 is 1.19 bits per heavy atom. The van der Waals surface area contributed by atoms with Crippen molar-refractivity contribution >= 4 is 0 Å². The summed E-state index contributed by atoms with van der Waals surface area (Å²) >= 11 is 0. The van der Waals surface area contributed by atoms with Crippen LogP contribution in [0.3, 0.4) is 0 Å². The fourth-order valence-corrected chi connectivity index (χ4v) is 3.36. The zero-order chi connectivity index (χ0) is 14.2. The molecule has 102 valence electrons. The molecule has 0 saturated heterocycles. The van der Waals surface area contributed by atoms with E-state index >= 15 is 0 Å². The van der Waals surface area contributed by atoms with Crippen LogP contribution < -0.4 is 5.73 Å². The SMILES string of the molecule is NCc1ccc(C2c3ccccc3-c3ccccc32)cc1. The topological polar surface area (TPSA) is 26.0 Å². The maximum Gasteiger partial charge on any atom is 0.0352 e.